The molecule has 136 valence electrons. The molecule has 25 heavy (non-hydrogen) atoms. The maximum absolute atomic E-state index is 13.1. The highest BCUT2D eigenvalue weighted by Gasteiger charge is 2.37. The van der Waals surface area contributed by atoms with E-state index in [1.165, 1.54) is 32.4 Å². The summed E-state index contributed by atoms with van der Waals surface area (Å²) in [5.74, 6) is 0.536. The Hall–Kier alpha value is -2.13. The lowest BCUT2D eigenvalue weighted by molar-refractivity contribution is -0.139. The molecule has 0 atom stereocenters. The minimum absolute atomic E-state index is 0.0146. The number of alkyl halides is 3. The highest BCUT2D eigenvalue weighted by atomic mass is 35.5. The number of hydrogen-bond donors (Lipinski definition) is 1. The molecule has 0 fully saturated rings. The molecule has 0 spiro atoms. The summed E-state index contributed by atoms with van der Waals surface area (Å²) in [5.41, 5.74) is -1.37. The Labute approximate surface area is 147 Å². The quantitative estimate of drug-likeness (QED) is 0.825. The molecule has 0 saturated heterocycles. The van der Waals surface area contributed by atoms with Gasteiger partial charge in [0.15, 0.2) is 0 Å². The Morgan fingerprint density at radius 1 is 1.00 bits per heavy atom. The van der Waals surface area contributed by atoms with Crippen molar-refractivity contribution in [2.75, 3.05) is 18.9 Å². The van der Waals surface area contributed by atoms with Gasteiger partial charge in [0.2, 0.25) is 0 Å². The molecule has 2 rings (SSSR count). The minimum Gasteiger partial charge on any atom is -0.497 e. The number of anilines is 1. The van der Waals surface area contributed by atoms with Gasteiger partial charge in [0, 0.05) is 23.2 Å². The lowest BCUT2D eigenvalue weighted by Gasteiger charge is -2.15. The van der Waals surface area contributed by atoms with Gasteiger partial charge >= 0.3 is 6.18 Å². The van der Waals surface area contributed by atoms with Gasteiger partial charge in [0.05, 0.1) is 30.4 Å². The van der Waals surface area contributed by atoms with Crippen LogP contribution in [0.2, 0.25) is 5.02 Å². The smallest absolute Gasteiger partial charge is 0.417 e. The van der Waals surface area contributed by atoms with E-state index in [0.29, 0.717) is 6.07 Å². The van der Waals surface area contributed by atoms with Gasteiger partial charge in [-0.1, -0.05) is 11.6 Å². The molecule has 0 radical (unpaired) electrons. The second kappa shape index (κ2) is 7.01. The fraction of sp³-hybridized carbons (Fsp3) is 0.200. The SMILES string of the molecule is COc1cc(NS(=O)(=O)c2ccc(Cl)cc2C(F)(F)F)cc(OC)c1. The Morgan fingerprint density at radius 2 is 1.56 bits per heavy atom. The molecule has 0 aliphatic rings. The first kappa shape index (κ1) is 19.2. The molecule has 0 heterocycles. The molecule has 0 aliphatic heterocycles. The topological polar surface area (TPSA) is 64.6 Å². The van der Waals surface area contributed by atoms with Crippen LogP contribution in [0.25, 0.3) is 0 Å². The number of ether oxygens (including phenoxy) is 2. The van der Waals surface area contributed by atoms with Crippen molar-refractivity contribution in [3.8, 4) is 11.5 Å². The Balaban J connectivity index is 2.51. The number of hydrogen-bond acceptors (Lipinski definition) is 4. The summed E-state index contributed by atoms with van der Waals surface area (Å²) in [6.45, 7) is 0. The van der Waals surface area contributed by atoms with Crippen molar-refractivity contribution in [3.05, 3.63) is 47.0 Å². The van der Waals surface area contributed by atoms with Gasteiger partial charge in [-0.15, -0.1) is 0 Å². The Kier molecular flexibility index (Phi) is 5.38. The molecular weight excluding hydrogens is 383 g/mol. The first-order chi connectivity index (χ1) is 11.6. The van der Waals surface area contributed by atoms with Gasteiger partial charge in [0.1, 0.15) is 11.5 Å². The molecule has 2 aromatic carbocycles. The number of benzene rings is 2. The summed E-state index contributed by atoms with van der Waals surface area (Å²) in [7, 11) is -1.82. The zero-order chi connectivity index (χ0) is 18.8. The summed E-state index contributed by atoms with van der Waals surface area (Å²) < 4.78 is 76.4. The van der Waals surface area contributed by atoms with Crippen LogP contribution in [0.1, 0.15) is 5.56 Å². The number of nitrogens with one attached hydrogen (secondary N) is 1. The van der Waals surface area contributed by atoms with Crippen LogP contribution in [-0.4, -0.2) is 22.6 Å². The largest absolute Gasteiger partial charge is 0.497 e. The predicted octanol–water partition coefficient (Wildman–Crippen LogP) is 4.18. The van der Waals surface area contributed by atoms with Crippen LogP contribution in [0.4, 0.5) is 18.9 Å². The van der Waals surface area contributed by atoms with Crippen molar-refractivity contribution >= 4 is 27.3 Å². The third-order valence-corrected chi connectivity index (χ3v) is 4.81. The standard InChI is InChI=1S/C15H13ClF3NO4S/c1-23-11-6-10(7-12(8-11)24-2)20-25(21,22)14-4-3-9(16)5-13(14)15(17,18)19/h3-8,20H,1-2H3. The summed E-state index contributed by atoms with van der Waals surface area (Å²) in [6, 6.07) is 6.53. The van der Waals surface area contributed by atoms with Crippen LogP contribution in [0.5, 0.6) is 11.5 Å². The highest BCUT2D eigenvalue weighted by Crippen LogP contribution is 2.37. The molecule has 10 heteroatoms. The third kappa shape index (κ3) is 4.49. The van der Waals surface area contributed by atoms with Crippen LogP contribution in [-0.2, 0) is 16.2 Å². The molecule has 0 aliphatic carbocycles. The highest BCUT2D eigenvalue weighted by molar-refractivity contribution is 7.92. The fourth-order valence-corrected chi connectivity index (χ4v) is 3.46. The van der Waals surface area contributed by atoms with E-state index in [1.54, 1.807) is 0 Å². The molecule has 0 bridgehead atoms. The van der Waals surface area contributed by atoms with Crippen LogP contribution >= 0.6 is 11.6 Å². The molecule has 5 nitrogen and oxygen atoms in total. The first-order valence-corrected chi connectivity index (χ1v) is 8.55. The van der Waals surface area contributed by atoms with E-state index in [0.717, 1.165) is 12.1 Å². The average molecular weight is 396 g/mol. The maximum Gasteiger partial charge on any atom is 0.417 e. The van der Waals surface area contributed by atoms with Gasteiger partial charge in [-0.3, -0.25) is 4.72 Å². The van der Waals surface area contributed by atoms with Crippen molar-refractivity contribution in [2.24, 2.45) is 0 Å². The Bertz CT molecular complexity index is 863. The summed E-state index contributed by atoms with van der Waals surface area (Å²) in [6.07, 6.45) is -4.89. The monoisotopic (exact) mass is 395 g/mol. The van der Waals surface area contributed by atoms with E-state index in [4.69, 9.17) is 21.1 Å². The lowest BCUT2D eigenvalue weighted by atomic mass is 10.2. The maximum atomic E-state index is 13.1. The molecule has 0 unspecified atom stereocenters. The van der Waals surface area contributed by atoms with E-state index in [9.17, 15) is 21.6 Å². The van der Waals surface area contributed by atoms with E-state index in [1.807, 2.05) is 0 Å². The fourth-order valence-electron chi connectivity index (χ4n) is 2.03. The van der Waals surface area contributed by atoms with Gasteiger partial charge in [-0.2, -0.15) is 13.2 Å². The zero-order valence-corrected chi connectivity index (χ0v) is 14.6. The van der Waals surface area contributed by atoms with Gasteiger partial charge < -0.3 is 9.47 Å². The number of sulfonamides is 1. The first-order valence-electron chi connectivity index (χ1n) is 6.69. The summed E-state index contributed by atoms with van der Waals surface area (Å²) in [5, 5.41) is -0.227. The minimum atomic E-state index is -4.89. The summed E-state index contributed by atoms with van der Waals surface area (Å²) >= 11 is 5.56. The summed E-state index contributed by atoms with van der Waals surface area (Å²) in [4.78, 5) is -0.939. The van der Waals surface area contributed by atoms with E-state index in [-0.39, 0.29) is 22.2 Å². The van der Waals surface area contributed by atoms with E-state index < -0.39 is 26.7 Å². The number of rotatable bonds is 5. The molecule has 0 saturated carbocycles. The van der Waals surface area contributed by atoms with Crippen molar-refractivity contribution in [1.29, 1.82) is 0 Å². The number of methoxy groups -OCH3 is 2. The average Bonchev–Trinajstić information content (AvgIpc) is 2.52. The van der Waals surface area contributed by atoms with Gasteiger partial charge in [0.25, 0.3) is 10.0 Å². The van der Waals surface area contributed by atoms with E-state index >= 15 is 0 Å². The molecule has 1 N–H and O–H groups in total. The molecule has 0 amide bonds. The molecular formula is C15H13ClF3NO4S. The molecule has 0 aromatic heterocycles. The van der Waals surface area contributed by atoms with Crippen molar-refractivity contribution in [1.82, 2.24) is 0 Å². The molecule has 2 aromatic rings. The van der Waals surface area contributed by atoms with Crippen molar-refractivity contribution in [3.63, 3.8) is 0 Å². The third-order valence-electron chi connectivity index (χ3n) is 3.14. The zero-order valence-electron chi connectivity index (χ0n) is 13.0. The van der Waals surface area contributed by atoms with Crippen LogP contribution in [0.3, 0.4) is 0 Å². The van der Waals surface area contributed by atoms with Crippen molar-refractivity contribution in [2.45, 2.75) is 11.1 Å². The van der Waals surface area contributed by atoms with E-state index in [2.05, 4.69) is 4.72 Å². The van der Waals surface area contributed by atoms with Crippen LogP contribution in [0.15, 0.2) is 41.3 Å². The van der Waals surface area contributed by atoms with Crippen molar-refractivity contribution < 1.29 is 31.1 Å². The number of halogens is 4. The van der Waals surface area contributed by atoms with Crippen LogP contribution < -0.4 is 14.2 Å². The Morgan fingerprint density at radius 3 is 2.04 bits per heavy atom. The predicted molar refractivity (Wildman–Crippen MR) is 86.8 cm³/mol. The second-order valence-electron chi connectivity index (χ2n) is 4.85. The van der Waals surface area contributed by atoms with Gasteiger partial charge in [-0.05, 0) is 18.2 Å². The van der Waals surface area contributed by atoms with Gasteiger partial charge in [-0.25, -0.2) is 8.42 Å². The second-order valence-corrected chi connectivity index (χ2v) is 6.93. The van der Waals surface area contributed by atoms with Crippen LogP contribution in [0, 0.1) is 0 Å². The lowest BCUT2D eigenvalue weighted by Crippen LogP contribution is -2.19. The normalized spacial score (nSPS) is 11.9.